The Morgan fingerprint density at radius 3 is 2.73 bits per heavy atom. The molecule has 3 atom stereocenters. The van der Waals surface area contributed by atoms with Gasteiger partial charge in [0.25, 0.3) is 11.9 Å². The molecule has 0 saturated carbocycles. The van der Waals surface area contributed by atoms with Crippen LogP contribution in [0.15, 0.2) is 22.6 Å². The number of nitrogens with zero attached hydrogens (tertiary/aromatic N) is 3. The fraction of sp³-hybridized carbons (Fsp3) is 0.680. The lowest BCUT2D eigenvalue weighted by molar-refractivity contribution is 0.0463. The number of anilines is 1. The molecule has 182 valence electrons. The van der Waals surface area contributed by atoms with E-state index in [9.17, 15) is 4.79 Å². The molecule has 2 bridgehead atoms. The standard InChI is InChI=1S/C25H36N4O3.ClH/c1-16(2)12-20-15-31-11-10-29(20)25-27-23-21(8-5-9-22(23)32-25)24(30)26-17-13-18-6-4-7-19(14-17)28(18)3;/h5,8-9,16-20H,4,6-7,10-15H2,1-3H3,(H,26,30);1H/t17?,18?,19?,20-;/m0./s1. The van der Waals surface area contributed by atoms with Crippen molar-refractivity contribution in [3.63, 3.8) is 0 Å². The molecule has 1 N–H and O–H groups in total. The maximum Gasteiger partial charge on any atom is 0.298 e. The summed E-state index contributed by atoms with van der Waals surface area (Å²) in [6, 6.07) is 7.90. The average molecular weight is 477 g/mol. The van der Waals surface area contributed by atoms with E-state index in [0.29, 0.717) is 53.9 Å². The Labute approximate surface area is 202 Å². The molecule has 1 aromatic heterocycles. The number of benzene rings is 1. The van der Waals surface area contributed by atoms with Gasteiger partial charge >= 0.3 is 0 Å². The Morgan fingerprint density at radius 2 is 2.00 bits per heavy atom. The van der Waals surface area contributed by atoms with Crippen molar-refractivity contribution in [2.75, 3.05) is 31.7 Å². The van der Waals surface area contributed by atoms with Crippen molar-refractivity contribution in [2.45, 2.75) is 76.5 Å². The van der Waals surface area contributed by atoms with E-state index in [2.05, 4.69) is 36.0 Å². The minimum atomic E-state index is -0.0382. The van der Waals surface area contributed by atoms with Crippen molar-refractivity contribution >= 4 is 35.4 Å². The van der Waals surface area contributed by atoms with E-state index in [0.717, 1.165) is 25.8 Å². The molecular formula is C25H37ClN4O3. The number of nitrogens with one attached hydrogen (secondary N) is 1. The second-order valence-electron chi connectivity index (χ2n) is 10.2. The Bertz CT molecular complexity index is 950. The minimum Gasteiger partial charge on any atom is -0.423 e. The number of carbonyl (C=O) groups is 1. The Kier molecular flexibility index (Phi) is 7.51. The van der Waals surface area contributed by atoms with E-state index in [1.807, 2.05) is 18.2 Å². The van der Waals surface area contributed by atoms with Gasteiger partial charge in [-0.1, -0.05) is 26.3 Å². The van der Waals surface area contributed by atoms with Crippen LogP contribution in [-0.4, -0.2) is 66.8 Å². The summed E-state index contributed by atoms with van der Waals surface area (Å²) >= 11 is 0. The Balaban J connectivity index is 0.00000259. The van der Waals surface area contributed by atoms with Crippen LogP contribution >= 0.6 is 12.4 Å². The quantitative estimate of drug-likeness (QED) is 0.695. The third-order valence-corrected chi connectivity index (χ3v) is 7.54. The van der Waals surface area contributed by atoms with Gasteiger partial charge in [-0.2, -0.15) is 4.98 Å². The molecule has 1 amide bonds. The van der Waals surface area contributed by atoms with E-state index in [1.165, 1.54) is 19.3 Å². The molecule has 0 aliphatic carbocycles. The zero-order valence-corrected chi connectivity index (χ0v) is 20.8. The van der Waals surface area contributed by atoms with Crippen LogP contribution in [0.25, 0.3) is 11.1 Å². The van der Waals surface area contributed by atoms with E-state index < -0.39 is 0 Å². The molecule has 33 heavy (non-hydrogen) atoms. The van der Waals surface area contributed by atoms with Crippen LogP contribution < -0.4 is 10.2 Å². The maximum absolute atomic E-state index is 13.3. The second-order valence-corrected chi connectivity index (χ2v) is 10.2. The largest absolute Gasteiger partial charge is 0.423 e. The van der Waals surface area contributed by atoms with Gasteiger partial charge in [0, 0.05) is 24.7 Å². The van der Waals surface area contributed by atoms with Gasteiger partial charge < -0.3 is 24.3 Å². The normalized spacial score (nSPS) is 28.1. The zero-order chi connectivity index (χ0) is 22.2. The molecule has 1 aromatic carbocycles. The highest BCUT2D eigenvalue weighted by atomic mass is 35.5. The monoisotopic (exact) mass is 476 g/mol. The fourth-order valence-electron chi connectivity index (χ4n) is 5.89. The van der Waals surface area contributed by atoms with Crippen LogP contribution in [0, 0.1) is 5.92 Å². The summed E-state index contributed by atoms with van der Waals surface area (Å²) in [5.41, 5.74) is 1.93. The van der Waals surface area contributed by atoms with Gasteiger partial charge in [-0.25, -0.2) is 0 Å². The molecule has 2 unspecified atom stereocenters. The predicted octanol–water partition coefficient (Wildman–Crippen LogP) is 4.25. The van der Waals surface area contributed by atoms with E-state index in [4.69, 9.17) is 14.1 Å². The van der Waals surface area contributed by atoms with Crippen molar-refractivity contribution in [3.8, 4) is 0 Å². The van der Waals surface area contributed by atoms with Crippen LogP contribution in [0.3, 0.4) is 0 Å². The number of piperidine rings is 2. The number of aromatic nitrogens is 1. The first kappa shape index (κ1) is 24.3. The molecular weight excluding hydrogens is 440 g/mol. The fourth-order valence-corrected chi connectivity index (χ4v) is 5.89. The number of rotatable bonds is 5. The summed E-state index contributed by atoms with van der Waals surface area (Å²) in [6.45, 7) is 6.54. The van der Waals surface area contributed by atoms with Crippen LogP contribution in [0.4, 0.5) is 6.01 Å². The number of halogens is 1. The van der Waals surface area contributed by atoms with Gasteiger partial charge in [-0.15, -0.1) is 12.4 Å². The highest BCUT2D eigenvalue weighted by Gasteiger charge is 2.37. The topological polar surface area (TPSA) is 70.8 Å². The van der Waals surface area contributed by atoms with Crippen molar-refractivity contribution in [1.82, 2.24) is 15.2 Å². The van der Waals surface area contributed by atoms with Crippen LogP contribution in [0.5, 0.6) is 0 Å². The molecule has 3 saturated heterocycles. The summed E-state index contributed by atoms with van der Waals surface area (Å²) in [7, 11) is 2.24. The zero-order valence-electron chi connectivity index (χ0n) is 20.0. The van der Waals surface area contributed by atoms with E-state index >= 15 is 0 Å². The highest BCUT2D eigenvalue weighted by molar-refractivity contribution is 6.04. The third kappa shape index (κ3) is 5.00. The molecule has 8 heteroatoms. The minimum absolute atomic E-state index is 0. The smallest absolute Gasteiger partial charge is 0.298 e. The number of hydrogen-bond donors (Lipinski definition) is 1. The predicted molar refractivity (Wildman–Crippen MR) is 132 cm³/mol. The number of hydrogen-bond acceptors (Lipinski definition) is 6. The van der Waals surface area contributed by atoms with Gasteiger partial charge in [0.15, 0.2) is 5.58 Å². The van der Waals surface area contributed by atoms with Crippen molar-refractivity contribution in [1.29, 1.82) is 0 Å². The SMILES string of the molecule is CC(C)C[C@H]1COCCN1c1nc2c(C(=O)NC3CC4CCCC(C3)N4C)cccc2o1.Cl. The molecule has 4 heterocycles. The van der Waals surface area contributed by atoms with Gasteiger partial charge in [-0.05, 0) is 57.2 Å². The van der Waals surface area contributed by atoms with Crippen molar-refractivity contribution in [2.24, 2.45) is 5.92 Å². The van der Waals surface area contributed by atoms with E-state index in [-0.39, 0.29) is 30.4 Å². The summed E-state index contributed by atoms with van der Waals surface area (Å²) in [4.78, 5) is 22.8. The number of oxazole rings is 1. The molecule has 5 rings (SSSR count). The third-order valence-electron chi connectivity index (χ3n) is 7.54. The number of para-hydroxylation sites is 1. The van der Waals surface area contributed by atoms with E-state index in [1.54, 1.807) is 0 Å². The van der Waals surface area contributed by atoms with Crippen molar-refractivity contribution < 1.29 is 13.9 Å². The molecule has 2 aromatic rings. The highest BCUT2D eigenvalue weighted by Crippen LogP contribution is 2.33. The maximum atomic E-state index is 13.3. The van der Waals surface area contributed by atoms with Crippen LogP contribution in [0.1, 0.15) is 62.7 Å². The number of fused-ring (bicyclic) bond motifs is 3. The number of ether oxygens (including phenoxy) is 1. The Hall–Kier alpha value is -1.83. The first-order valence-electron chi connectivity index (χ1n) is 12.3. The lowest BCUT2D eigenvalue weighted by atomic mass is 9.82. The molecule has 0 spiro atoms. The summed E-state index contributed by atoms with van der Waals surface area (Å²) < 4.78 is 11.9. The van der Waals surface area contributed by atoms with Gasteiger partial charge in [0.1, 0.15) is 5.52 Å². The Morgan fingerprint density at radius 1 is 1.24 bits per heavy atom. The lowest BCUT2D eigenvalue weighted by Gasteiger charge is -2.47. The molecule has 7 nitrogen and oxygen atoms in total. The van der Waals surface area contributed by atoms with Crippen LogP contribution in [0.2, 0.25) is 0 Å². The van der Waals surface area contributed by atoms with Crippen LogP contribution in [-0.2, 0) is 4.74 Å². The number of carbonyl (C=O) groups excluding carboxylic acids is 1. The van der Waals surface area contributed by atoms with Gasteiger partial charge in [-0.3, -0.25) is 4.79 Å². The summed E-state index contributed by atoms with van der Waals surface area (Å²) in [5, 5.41) is 3.32. The molecule has 0 radical (unpaired) electrons. The average Bonchev–Trinajstić information content (AvgIpc) is 3.18. The molecule has 3 fully saturated rings. The second kappa shape index (κ2) is 10.2. The first-order chi connectivity index (χ1) is 15.5. The lowest BCUT2D eigenvalue weighted by Crippen LogP contribution is -2.55. The number of morpholine rings is 1. The molecule has 3 aliphatic rings. The summed E-state index contributed by atoms with van der Waals surface area (Å²) in [6.07, 6.45) is 6.86. The molecule has 3 aliphatic heterocycles. The summed E-state index contributed by atoms with van der Waals surface area (Å²) in [5.74, 6) is 0.521. The number of amides is 1. The van der Waals surface area contributed by atoms with Crippen molar-refractivity contribution in [3.05, 3.63) is 23.8 Å². The first-order valence-corrected chi connectivity index (χ1v) is 12.3. The van der Waals surface area contributed by atoms with Gasteiger partial charge in [0.05, 0.1) is 24.8 Å². The van der Waals surface area contributed by atoms with Gasteiger partial charge in [0.2, 0.25) is 0 Å².